The summed E-state index contributed by atoms with van der Waals surface area (Å²) in [6, 6.07) is 6.05. The van der Waals surface area contributed by atoms with Crippen molar-refractivity contribution in [3.63, 3.8) is 0 Å². The van der Waals surface area contributed by atoms with Crippen molar-refractivity contribution in [2.24, 2.45) is 0 Å². The molecule has 0 aliphatic carbocycles. The van der Waals surface area contributed by atoms with Crippen molar-refractivity contribution in [1.82, 2.24) is 9.97 Å². The van der Waals surface area contributed by atoms with Gasteiger partial charge < -0.3 is 15.7 Å². The number of nitrogens with zero attached hydrogens (tertiary/aromatic N) is 3. The number of aromatic nitrogens is 2. The number of hydrogen-bond donors (Lipinski definition) is 3. The van der Waals surface area contributed by atoms with Gasteiger partial charge in [0.25, 0.3) is 5.69 Å². The largest absolute Gasteiger partial charge is 0.391 e. The summed E-state index contributed by atoms with van der Waals surface area (Å²) in [7, 11) is 0. The fourth-order valence-corrected chi connectivity index (χ4v) is 1.77. The van der Waals surface area contributed by atoms with Crippen LogP contribution in [-0.2, 0) is 6.61 Å². The van der Waals surface area contributed by atoms with Gasteiger partial charge in [-0.1, -0.05) is 13.0 Å². The van der Waals surface area contributed by atoms with Crippen molar-refractivity contribution in [1.29, 1.82) is 0 Å². The summed E-state index contributed by atoms with van der Waals surface area (Å²) in [5.41, 5.74) is 1.06. The number of rotatable bonds is 7. The van der Waals surface area contributed by atoms with Gasteiger partial charge in [0.2, 0.25) is 5.95 Å². The highest BCUT2D eigenvalue weighted by Gasteiger charge is 2.09. The number of nitro groups is 1. The third kappa shape index (κ3) is 3.89. The first-order valence-corrected chi connectivity index (χ1v) is 6.65. The molecule has 115 valence electrons. The van der Waals surface area contributed by atoms with Crippen LogP contribution in [-0.4, -0.2) is 26.5 Å². The second-order valence-electron chi connectivity index (χ2n) is 4.44. The standard InChI is InChI=1S/C14H16N5O3/c1-2-6-15-13-10(9-20)8-16-14(18-13)17-11-4-3-5-12(7-11)19(21)22/h3-5,7-8,20H,1-2,6,9H2,(H2,15,16,17,18). The Balaban J connectivity index is 2.22. The quantitative estimate of drug-likeness (QED) is 0.531. The van der Waals surface area contributed by atoms with E-state index in [4.69, 9.17) is 0 Å². The van der Waals surface area contributed by atoms with E-state index in [-0.39, 0.29) is 18.2 Å². The monoisotopic (exact) mass is 302 g/mol. The minimum Gasteiger partial charge on any atom is -0.391 e. The van der Waals surface area contributed by atoms with Gasteiger partial charge in [-0.2, -0.15) is 4.98 Å². The molecule has 0 aliphatic rings. The summed E-state index contributed by atoms with van der Waals surface area (Å²) in [5.74, 6) is 0.790. The van der Waals surface area contributed by atoms with Gasteiger partial charge in [0, 0.05) is 36.1 Å². The maximum Gasteiger partial charge on any atom is 0.271 e. The highest BCUT2D eigenvalue weighted by atomic mass is 16.6. The summed E-state index contributed by atoms with van der Waals surface area (Å²) >= 11 is 0. The average Bonchev–Trinajstić information content (AvgIpc) is 2.53. The molecule has 0 fully saturated rings. The molecule has 22 heavy (non-hydrogen) atoms. The maximum atomic E-state index is 10.8. The number of benzene rings is 1. The van der Waals surface area contributed by atoms with Gasteiger partial charge in [-0.3, -0.25) is 10.1 Å². The number of non-ortho nitro benzene ring substituents is 1. The van der Waals surface area contributed by atoms with Crippen LogP contribution in [0.25, 0.3) is 0 Å². The Morgan fingerprint density at radius 1 is 1.41 bits per heavy atom. The zero-order chi connectivity index (χ0) is 15.9. The van der Waals surface area contributed by atoms with Gasteiger partial charge in [-0.05, 0) is 12.5 Å². The first kappa shape index (κ1) is 15.6. The Morgan fingerprint density at radius 2 is 2.23 bits per heavy atom. The fourth-order valence-electron chi connectivity index (χ4n) is 1.77. The molecular weight excluding hydrogens is 286 g/mol. The smallest absolute Gasteiger partial charge is 0.271 e. The number of aliphatic hydroxyl groups excluding tert-OH is 1. The van der Waals surface area contributed by atoms with E-state index in [0.717, 1.165) is 0 Å². The van der Waals surface area contributed by atoms with Crippen LogP contribution in [0.15, 0.2) is 30.5 Å². The lowest BCUT2D eigenvalue weighted by Crippen LogP contribution is -2.08. The SMILES string of the molecule is [CH2]CCNc1nc(Nc2cccc([N+](=O)[O-])c2)ncc1CO. The summed E-state index contributed by atoms with van der Waals surface area (Å²) in [4.78, 5) is 18.6. The molecule has 8 nitrogen and oxygen atoms in total. The molecular formula is C14H16N5O3. The zero-order valence-corrected chi connectivity index (χ0v) is 11.8. The predicted molar refractivity (Wildman–Crippen MR) is 82.8 cm³/mol. The molecule has 3 N–H and O–H groups in total. The molecule has 2 aromatic rings. The first-order chi connectivity index (χ1) is 10.6. The van der Waals surface area contributed by atoms with Crippen LogP contribution >= 0.6 is 0 Å². The lowest BCUT2D eigenvalue weighted by molar-refractivity contribution is -0.384. The number of hydrogen-bond acceptors (Lipinski definition) is 7. The normalized spacial score (nSPS) is 10.3. The minimum atomic E-state index is -0.470. The second-order valence-corrected chi connectivity index (χ2v) is 4.44. The third-order valence-electron chi connectivity index (χ3n) is 2.82. The molecule has 2 rings (SSSR count). The number of nitro benzene ring substituents is 1. The topological polar surface area (TPSA) is 113 Å². The van der Waals surface area contributed by atoms with E-state index in [0.29, 0.717) is 30.0 Å². The van der Waals surface area contributed by atoms with Crippen molar-refractivity contribution in [3.05, 3.63) is 53.1 Å². The van der Waals surface area contributed by atoms with E-state index in [1.807, 2.05) is 0 Å². The molecule has 0 saturated heterocycles. The average molecular weight is 302 g/mol. The Hall–Kier alpha value is -2.74. The van der Waals surface area contributed by atoms with Crippen molar-refractivity contribution in [3.8, 4) is 0 Å². The molecule has 1 aromatic carbocycles. The minimum absolute atomic E-state index is 0.0209. The van der Waals surface area contributed by atoms with Gasteiger partial charge in [0.05, 0.1) is 11.5 Å². The molecule has 1 heterocycles. The van der Waals surface area contributed by atoms with Crippen molar-refractivity contribution < 1.29 is 10.0 Å². The predicted octanol–water partition coefficient (Wildman–Crippen LogP) is 2.26. The van der Waals surface area contributed by atoms with Crippen LogP contribution in [0.1, 0.15) is 12.0 Å². The molecule has 0 bridgehead atoms. The van der Waals surface area contributed by atoms with E-state index < -0.39 is 4.92 Å². The first-order valence-electron chi connectivity index (χ1n) is 6.65. The van der Waals surface area contributed by atoms with Gasteiger partial charge in [0.1, 0.15) is 5.82 Å². The molecule has 0 aliphatic heterocycles. The number of aliphatic hydroxyl groups is 1. The lowest BCUT2D eigenvalue weighted by atomic mass is 10.3. The fraction of sp³-hybridized carbons (Fsp3) is 0.214. The van der Waals surface area contributed by atoms with Crippen LogP contribution < -0.4 is 10.6 Å². The van der Waals surface area contributed by atoms with E-state index in [2.05, 4.69) is 27.5 Å². The highest BCUT2D eigenvalue weighted by molar-refractivity contribution is 5.59. The number of anilines is 3. The van der Waals surface area contributed by atoms with Crippen LogP contribution in [0.4, 0.5) is 23.1 Å². The third-order valence-corrected chi connectivity index (χ3v) is 2.82. The zero-order valence-electron chi connectivity index (χ0n) is 11.8. The van der Waals surface area contributed by atoms with Gasteiger partial charge in [-0.15, -0.1) is 0 Å². The molecule has 1 aromatic heterocycles. The van der Waals surface area contributed by atoms with E-state index in [9.17, 15) is 15.2 Å². The maximum absolute atomic E-state index is 10.8. The van der Waals surface area contributed by atoms with Crippen LogP contribution in [0, 0.1) is 17.0 Å². The van der Waals surface area contributed by atoms with E-state index in [1.54, 1.807) is 12.1 Å². The van der Waals surface area contributed by atoms with Crippen LogP contribution in [0.2, 0.25) is 0 Å². The summed E-state index contributed by atoms with van der Waals surface area (Å²) in [6.07, 6.45) is 2.17. The van der Waals surface area contributed by atoms with Gasteiger partial charge in [0.15, 0.2) is 0 Å². The van der Waals surface area contributed by atoms with Crippen molar-refractivity contribution in [2.75, 3.05) is 17.2 Å². The van der Waals surface area contributed by atoms with Crippen molar-refractivity contribution >= 4 is 23.1 Å². The highest BCUT2D eigenvalue weighted by Crippen LogP contribution is 2.21. The van der Waals surface area contributed by atoms with E-state index in [1.165, 1.54) is 18.3 Å². The number of nitrogens with one attached hydrogen (secondary N) is 2. The van der Waals surface area contributed by atoms with Crippen LogP contribution in [0.3, 0.4) is 0 Å². The second kappa shape index (κ2) is 7.32. The Kier molecular flexibility index (Phi) is 5.21. The molecule has 0 atom stereocenters. The molecule has 1 radical (unpaired) electrons. The Morgan fingerprint density at radius 3 is 2.91 bits per heavy atom. The molecule has 0 amide bonds. The van der Waals surface area contributed by atoms with Gasteiger partial charge in [-0.25, -0.2) is 4.98 Å². The summed E-state index contributed by atoms with van der Waals surface area (Å²) in [6.45, 7) is 4.15. The molecule has 8 heteroatoms. The van der Waals surface area contributed by atoms with Gasteiger partial charge >= 0.3 is 0 Å². The molecule has 0 spiro atoms. The van der Waals surface area contributed by atoms with Crippen LogP contribution in [0.5, 0.6) is 0 Å². The summed E-state index contributed by atoms with van der Waals surface area (Å²) in [5, 5.41) is 26.0. The Labute approximate surface area is 127 Å². The summed E-state index contributed by atoms with van der Waals surface area (Å²) < 4.78 is 0. The lowest BCUT2D eigenvalue weighted by Gasteiger charge is -2.11. The molecule has 0 unspecified atom stereocenters. The Bertz CT molecular complexity index is 663. The van der Waals surface area contributed by atoms with Crippen molar-refractivity contribution in [2.45, 2.75) is 13.0 Å². The van der Waals surface area contributed by atoms with E-state index >= 15 is 0 Å². The molecule has 0 saturated carbocycles.